The number of piperidine rings is 1. The second kappa shape index (κ2) is 9.71. The number of hydrogen-bond acceptors (Lipinski definition) is 8. The van der Waals surface area contributed by atoms with Crippen LogP contribution >= 0.6 is 0 Å². The van der Waals surface area contributed by atoms with Crippen LogP contribution in [0.4, 0.5) is 13.2 Å². The number of aryl methyl sites for hydroxylation is 1. The molecule has 196 valence electrons. The molecule has 2 atom stereocenters. The van der Waals surface area contributed by atoms with Gasteiger partial charge in [-0.15, -0.1) is 0 Å². The van der Waals surface area contributed by atoms with Gasteiger partial charge in [0.2, 0.25) is 0 Å². The number of fused-ring (bicyclic) bond motifs is 1. The second-order valence-corrected chi connectivity index (χ2v) is 9.34. The third kappa shape index (κ3) is 5.57. The van der Waals surface area contributed by atoms with E-state index >= 15 is 0 Å². The molecule has 37 heavy (non-hydrogen) atoms. The molecule has 1 unspecified atom stereocenters. The van der Waals surface area contributed by atoms with E-state index in [4.69, 9.17) is 4.74 Å². The average molecular weight is 518 g/mol. The van der Waals surface area contributed by atoms with Crippen molar-refractivity contribution >= 4 is 23.2 Å². The minimum atomic E-state index is -4.74. The van der Waals surface area contributed by atoms with Crippen LogP contribution in [0.3, 0.4) is 0 Å². The third-order valence-electron chi connectivity index (χ3n) is 6.33. The Labute approximate surface area is 209 Å². The number of halogens is 3. The number of aromatic nitrogens is 3. The van der Waals surface area contributed by atoms with Gasteiger partial charge in [0.25, 0.3) is 11.5 Å². The minimum absolute atomic E-state index is 0.0289. The Morgan fingerprint density at radius 2 is 2.08 bits per heavy atom. The molecule has 0 aromatic carbocycles. The molecule has 1 amide bonds. The number of carbonyl (C=O) groups excluding carboxylic acids is 1. The van der Waals surface area contributed by atoms with Gasteiger partial charge in [-0.1, -0.05) is 6.58 Å². The molecule has 10 nitrogen and oxygen atoms in total. The average Bonchev–Trinajstić information content (AvgIpc) is 3.67. The normalized spacial score (nSPS) is 22.2. The summed E-state index contributed by atoms with van der Waals surface area (Å²) >= 11 is 0. The van der Waals surface area contributed by atoms with E-state index in [9.17, 15) is 22.8 Å². The fourth-order valence-corrected chi connectivity index (χ4v) is 4.29. The number of nitrogens with zero attached hydrogens (tertiary/aromatic N) is 4. The zero-order valence-electron chi connectivity index (χ0n) is 20.1. The number of aromatic amines is 1. The Morgan fingerprint density at radius 1 is 1.30 bits per heavy atom. The summed E-state index contributed by atoms with van der Waals surface area (Å²) in [4.78, 5) is 41.0. The maximum absolute atomic E-state index is 13.7. The summed E-state index contributed by atoms with van der Waals surface area (Å²) in [7, 11) is 0. The summed E-state index contributed by atoms with van der Waals surface area (Å²) in [6, 6.07) is 1.13. The van der Waals surface area contributed by atoms with Crippen molar-refractivity contribution in [3.8, 4) is 0 Å². The summed E-state index contributed by atoms with van der Waals surface area (Å²) in [6.07, 6.45) is 0.437. The number of likely N-dealkylation sites (tertiary alicyclic amines) is 1. The largest absolute Gasteiger partial charge is 0.433 e. The predicted molar refractivity (Wildman–Crippen MR) is 128 cm³/mol. The van der Waals surface area contributed by atoms with Crippen LogP contribution in [-0.4, -0.2) is 63.6 Å². The van der Waals surface area contributed by atoms with E-state index in [1.165, 1.54) is 19.3 Å². The molecule has 13 heteroatoms. The lowest BCUT2D eigenvalue weighted by Crippen LogP contribution is -2.45. The fourth-order valence-electron chi connectivity index (χ4n) is 4.29. The van der Waals surface area contributed by atoms with Crippen molar-refractivity contribution < 1.29 is 22.7 Å². The van der Waals surface area contributed by atoms with Crippen molar-refractivity contribution in [2.24, 2.45) is 4.99 Å². The van der Waals surface area contributed by atoms with Gasteiger partial charge in [-0.25, -0.2) is 9.97 Å². The molecule has 3 aliphatic rings. The van der Waals surface area contributed by atoms with Gasteiger partial charge in [0.1, 0.15) is 5.82 Å². The first-order valence-corrected chi connectivity index (χ1v) is 11.9. The predicted octanol–water partition coefficient (Wildman–Crippen LogP) is 1.91. The van der Waals surface area contributed by atoms with Crippen LogP contribution in [0.5, 0.6) is 0 Å². The van der Waals surface area contributed by atoms with Crippen molar-refractivity contribution in [2.75, 3.05) is 13.1 Å². The smallest absolute Gasteiger partial charge is 0.371 e. The van der Waals surface area contributed by atoms with Crippen LogP contribution in [-0.2, 0) is 22.3 Å². The monoisotopic (exact) mass is 517 g/mol. The van der Waals surface area contributed by atoms with Gasteiger partial charge in [0, 0.05) is 32.0 Å². The number of hydrogen-bond donors (Lipinski definition) is 3. The maximum Gasteiger partial charge on any atom is 0.433 e. The molecule has 2 fully saturated rings. The van der Waals surface area contributed by atoms with Gasteiger partial charge >= 0.3 is 6.18 Å². The number of nitrogens with one attached hydrogen (secondary N) is 3. The van der Waals surface area contributed by atoms with Crippen LogP contribution in [0.2, 0.25) is 0 Å². The molecular formula is C24H26F3N7O3. The number of carbonyl (C=O) groups is 1. The molecular weight excluding hydrogens is 491 g/mol. The molecule has 3 N–H and O–H groups in total. The summed E-state index contributed by atoms with van der Waals surface area (Å²) in [5.41, 5.74) is -1.03. The number of H-pyrrole nitrogens is 1. The van der Waals surface area contributed by atoms with E-state index < -0.39 is 23.7 Å². The second-order valence-electron chi connectivity index (χ2n) is 9.34. The molecule has 2 aliphatic heterocycles. The van der Waals surface area contributed by atoms with Gasteiger partial charge < -0.3 is 19.9 Å². The first-order chi connectivity index (χ1) is 17.6. The molecule has 2 aromatic rings. The van der Waals surface area contributed by atoms with Gasteiger partial charge in [0.05, 0.1) is 23.2 Å². The maximum atomic E-state index is 13.7. The lowest BCUT2D eigenvalue weighted by molar-refractivity contribution is -0.141. The molecule has 1 saturated heterocycles. The molecule has 2 aromatic heterocycles. The van der Waals surface area contributed by atoms with Gasteiger partial charge in [-0.2, -0.15) is 13.2 Å². The van der Waals surface area contributed by atoms with Crippen LogP contribution in [0, 0.1) is 6.92 Å². The molecule has 4 heterocycles. The van der Waals surface area contributed by atoms with Gasteiger partial charge in [-0.05, 0) is 43.4 Å². The highest BCUT2D eigenvalue weighted by Gasteiger charge is 2.36. The highest BCUT2D eigenvalue weighted by atomic mass is 19.4. The number of aliphatic imine (C=N–C) groups is 1. The summed E-state index contributed by atoms with van der Waals surface area (Å²) in [5.74, 6) is -0.0528. The van der Waals surface area contributed by atoms with E-state index in [1.54, 1.807) is 4.90 Å². The number of amides is 1. The number of rotatable bonds is 6. The van der Waals surface area contributed by atoms with Crippen LogP contribution in [0.15, 0.2) is 39.8 Å². The number of pyridine rings is 1. The van der Waals surface area contributed by atoms with Crippen LogP contribution in [0.25, 0.3) is 11.0 Å². The molecule has 5 rings (SSSR count). The Balaban J connectivity index is 1.22. The topological polar surface area (TPSA) is 125 Å². The number of alkyl halides is 3. The SMILES string of the molecule is C=C1CN(C(=O)C2=CNC(NCc3cc4c(=O)[nH]c(C)nc4nc3C(F)(F)F)N=C2)CC[C@H]1OC1CC1. The van der Waals surface area contributed by atoms with Crippen LogP contribution in [0.1, 0.15) is 36.3 Å². The molecule has 0 radical (unpaired) electrons. The lowest BCUT2D eigenvalue weighted by atomic mass is 10.0. The van der Waals surface area contributed by atoms with Crippen molar-refractivity contribution in [1.82, 2.24) is 30.5 Å². The van der Waals surface area contributed by atoms with Gasteiger partial charge in [-0.3, -0.25) is 19.9 Å². The molecule has 1 saturated carbocycles. The zero-order valence-corrected chi connectivity index (χ0v) is 20.1. The van der Waals surface area contributed by atoms with Crippen molar-refractivity contribution in [3.05, 3.63) is 57.4 Å². The van der Waals surface area contributed by atoms with E-state index in [-0.39, 0.29) is 41.0 Å². The van der Waals surface area contributed by atoms with E-state index in [2.05, 4.69) is 37.2 Å². The standard InChI is InChI=1S/C24H26F3N7O3/c1-12-11-34(6-5-18(12)37-16-3-4-16)22(36)15-9-29-23(30-10-15)28-8-14-7-17-20(31-13(2)32-21(17)35)33-19(14)24(25,26)27/h7,9-10,16,18,23,28-29H,1,3-6,8,11H2,2H3,(H,31,32,33,35)/t18-,23?/m1/s1. The van der Waals surface area contributed by atoms with E-state index in [0.29, 0.717) is 31.2 Å². The zero-order chi connectivity index (χ0) is 26.3. The quantitative estimate of drug-likeness (QED) is 0.500. The third-order valence-corrected chi connectivity index (χ3v) is 6.33. The highest BCUT2D eigenvalue weighted by Crippen LogP contribution is 2.32. The highest BCUT2D eigenvalue weighted by molar-refractivity contribution is 6.12. The molecule has 1 aliphatic carbocycles. The molecule has 0 bridgehead atoms. The van der Waals surface area contributed by atoms with Crippen molar-refractivity contribution in [3.63, 3.8) is 0 Å². The van der Waals surface area contributed by atoms with E-state index in [0.717, 1.165) is 24.5 Å². The van der Waals surface area contributed by atoms with Crippen molar-refractivity contribution in [2.45, 2.75) is 57.4 Å². The van der Waals surface area contributed by atoms with Gasteiger partial charge in [0.15, 0.2) is 17.6 Å². The lowest BCUT2D eigenvalue weighted by Gasteiger charge is -2.34. The van der Waals surface area contributed by atoms with Crippen molar-refractivity contribution in [1.29, 1.82) is 0 Å². The first kappa shape index (κ1) is 25.1. The summed E-state index contributed by atoms with van der Waals surface area (Å²) in [6.45, 7) is 6.17. The Bertz CT molecular complexity index is 1360. The first-order valence-electron chi connectivity index (χ1n) is 11.9. The Morgan fingerprint density at radius 3 is 2.73 bits per heavy atom. The molecule has 0 spiro atoms. The number of ether oxygens (including phenoxy) is 1. The minimum Gasteiger partial charge on any atom is -0.371 e. The Kier molecular flexibility index (Phi) is 6.58. The fraction of sp³-hybridized carbons (Fsp3) is 0.458. The summed E-state index contributed by atoms with van der Waals surface area (Å²) in [5, 5.41) is 5.68. The van der Waals surface area contributed by atoms with Crippen LogP contribution < -0.4 is 16.2 Å². The van der Waals surface area contributed by atoms with E-state index in [1.807, 2.05) is 0 Å². The Hall–Kier alpha value is -3.58. The summed E-state index contributed by atoms with van der Waals surface area (Å²) < 4.78 is 46.9.